The van der Waals surface area contributed by atoms with Crippen LogP contribution in [0.4, 0.5) is 0 Å². The van der Waals surface area contributed by atoms with Crippen LogP contribution in [-0.4, -0.2) is 17.9 Å². The third-order valence-electron chi connectivity index (χ3n) is 3.11. The average Bonchev–Trinajstić information content (AvgIpc) is 2.27. The van der Waals surface area contributed by atoms with Gasteiger partial charge in [0.1, 0.15) is 0 Å². The lowest BCUT2D eigenvalue weighted by atomic mass is 9.82. The summed E-state index contributed by atoms with van der Waals surface area (Å²) in [5.74, 6) is 0.758. The number of hydrogen-bond donors (Lipinski definition) is 0. The Morgan fingerprint density at radius 3 is 2.28 bits per heavy atom. The molecule has 0 unspecified atom stereocenters. The predicted molar refractivity (Wildman–Crippen MR) is 76.2 cm³/mol. The largest absolute Gasteiger partial charge is 0.341 e. The molecular weight excluding hydrogens is 222 g/mol. The zero-order chi connectivity index (χ0) is 13.8. The third-order valence-corrected chi connectivity index (χ3v) is 3.11. The number of nitrogens with zero attached hydrogens (tertiary/aromatic N) is 1. The maximum absolute atomic E-state index is 12.4. The van der Waals surface area contributed by atoms with Gasteiger partial charge in [0.2, 0.25) is 5.91 Å². The number of carbonyl (C=O) groups excluding carboxylic acids is 1. The van der Waals surface area contributed by atoms with E-state index in [2.05, 4.69) is 26.0 Å². The summed E-state index contributed by atoms with van der Waals surface area (Å²) in [6.07, 6.45) is 0.922. The summed E-state index contributed by atoms with van der Waals surface area (Å²) in [7, 11) is 1.89. The molecule has 0 aliphatic heterocycles. The first-order chi connectivity index (χ1) is 8.33. The number of carbonyl (C=O) groups is 1. The van der Waals surface area contributed by atoms with Gasteiger partial charge in [-0.2, -0.15) is 0 Å². The molecule has 0 aliphatic rings. The van der Waals surface area contributed by atoms with Gasteiger partial charge in [-0.15, -0.1) is 0 Å². The van der Waals surface area contributed by atoms with Crippen LogP contribution in [0.3, 0.4) is 0 Å². The highest BCUT2D eigenvalue weighted by molar-refractivity contribution is 5.81. The van der Waals surface area contributed by atoms with Crippen molar-refractivity contribution in [1.82, 2.24) is 4.90 Å². The molecule has 0 fully saturated rings. The Kier molecular flexibility index (Phi) is 4.94. The Labute approximate surface area is 111 Å². The lowest BCUT2D eigenvalue weighted by Crippen LogP contribution is -2.38. The Morgan fingerprint density at radius 2 is 1.78 bits per heavy atom. The Morgan fingerprint density at radius 1 is 1.22 bits per heavy atom. The van der Waals surface area contributed by atoms with Crippen LogP contribution < -0.4 is 0 Å². The van der Waals surface area contributed by atoms with E-state index in [1.165, 1.54) is 5.56 Å². The Bertz CT molecular complexity index is 381. The summed E-state index contributed by atoms with van der Waals surface area (Å²) < 4.78 is 0. The van der Waals surface area contributed by atoms with Crippen molar-refractivity contribution in [2.45, 2.75) is 40.7 Å². The van der Waals surface area contributed by atoms with Crippen LogP contribution in [0, 0.1) is 11.3 Å². The molecule has 0 atom stereocenters. The summed E-state index contributed by atoms with van der Waals surface area (Å²) >= 11 is 0. The second-order valence-corrected chi connectivity index (χ2v) is 6.13. The fourth-order valence-electron chi connectivity index (χ4n) is 2.55. The topological polar surface area (TPSA) is 20.3 Å². The van der Waals surface area contributed by atoms with E-state index in [-0.39, 0.29) is 11.3 Å². The molecule has 18 heavy (non-hydrogen) atoms. The van der Waals surface area contributed by atoms with Gasteiger partial charge in [0, 0.05) is 19.0 Å². The molecule has 0 saturated heterocycles. The van der Waals surface area contributed by atoms with Crippen LogP contribution >= 0.6 is 0 Å². The molecule has 2 heteroatoms. The maximum atomic E-state index is 12.4. The van der Waals surface area contributed by atoms with E-state index < -0.39 is 0 Å². The lowest BCUT2D eigenvalue weighted by Gasteiger charge is -2.30. The SMILES string of the molecule is CC(C)CC(C)(C)C(=O)N(C)Cc1ccccc1. The molecule has 0 radical (unpaired) electrons. The van der Waals surface area contributed by atoms with E-state index in [1.54, 1.807) is 0 Å². The summed E-state index contributed by atoms with van der Waals surface area (Å²) in [6, 6.07) is 10.1. The van der Waals surface area contributed by atoms with E-state index in [9.17, 15) is 4.79 Å². The molecular formula is C16H25NO. The summed E-state index contributed by atoms with van der Waals surface area (Å²) in [6.45, 7) is 9.08. The number of hydrogen-bond acceptors (Lipinski definition) is 1. The predicted octanol–water partition coefficient (Wildman–Crippen LogP) is 3.72. The first kappa shape index (κ1) is 14.7. The Hall–Kier alpha value is -1.31. The normalized spacial score (nSPS) is 11.7. The van der Waals surface area contributed by atoms with Crippen LogP contribution in [0.1, 0.15) is 39.7 Å². The highest BCUT2D eigenvalue weighted by Gasteiger charge is 2.30. The molecule has 0 bridgehead atoms. The molecule has 2 nitrogen and oxygen atoms in total. The van der Waals surface area contributed by atoms with E-state index in [0.29, 0.717) is 12.5 Å². The van der Waals surface area contributed by atoms with Crippen molar-refractivity contribution < 1.29 is 4.79 Å². The first-order valence-corrected chi connectivity index (χ1v) is 6.62. The van der Waals surface area contributed by atoms with E-state index >= 15 is 0 Å². The number of rotatable bonds is 5. The van der Waals surface area contributed by atoms with Crippen molar-refractivity contribution in [2.24, 2.45) is 11.3 Å². The number of amides is 1. The van der Waals surface area contributed by atoms with Crippen molar-refractivity contribution in [3.63, 3.8) is 0 Å². The van der Waals surface area contributed by atoms with Crippen LogP contribution in [-0.2, 0) is 11.3 Å². The minimum atomic E-state index is -0.280. The smallest absolute Gasteiger partial charge is 0.228 e. The van der Waals surface area contributed by atoms with Crippen molar-refractivity contribution in [2.75, 3.05) is 7.05 Å². The summed E-state index contributed by atoms with van der Waals surface area (Å²) in [5.41, 5.74) is 0.895. The third kappa shape index (κ3) is 4.17. The highest BCUT2D eigenvalue weighted by Crippen LogP contribution is 2.27. The lowest BCUT2D eigenvalue weighted by molar-refractivity contribution is -0.140. The molecule has 0 aromatic heterocycles. The van der Waals surface area contributed by atoms with Gasteiger partial charge in [-0.05, 0) is 17.9 Å². The van der Waals surface area contributed by atoms with E-state index in [1.807, 2.05) is 44.0 Å². The van der Waals surface area contributed by atoms with Crippen LogP contribution in [0.25, 0.3) is 0 Å². The van der Waals surface area contributed by atoms with E-state index in [0.717, 1.165) is 6.42 Å². The van der Waals surface area contributed by atoms with Crippen LogP contribution in [0.5, 0.6) is 0 Å². The van der Waals surface area contributed by atoms with Gasteiger partial charge in [0.25, 0.3) is 0 Å². The first-order valence-electron chi connectivity index (χ1n) is 6.62. The van der Waals surface area contributed by atoms with Crippen LogP contribution in [0.15, 0.2) is 30.3 Å². The Balaban J connectivity index is 2.66. The molecule has 1 aromatic rings. The van der Waals surface area contributed by atoms with Crippen molar-refractivity contribution >= 4 is 5.91 Å². The molecule has 1 aromatic carbocycles. The molecule has 0 heterocycles. The quantitative estimate of drug-likeness (QED) is 0.776. The second kappa shape index (κ2) is 6.03. The fraction of sp³-hybridized carbons (Fsp3) is 0.562. The fourth-order valence-corrected chi connectivity index (χ4v) is 2.55. The van der Waals surface area contributed by atoms with Gasteiger partial charge in [0.05, 0.1) is 0 Å². The zero-order valence-electron chi connectivity index (χ0n) is 12.2. The summed E-state index contributed by atoms with van der Waals surface area (Å²) in [4.78, 5) is 14.3. The number of benzene rings is 1. The zero-order valence-corrected chi connectivity index (χ0v) is 12.2. The van der Waals surface area contributed by atoms with Gasteiger partial charge in [0.15, 0.2) is 0 Å². The average molecular weight is 247 g/mol. The molecule has 100 valence electrons. The minimum Gasteiger partial charge on any atom is -0.341 e. The van der Waals surface area contributed by atoms with Gasteiger partial charge in [-0.25, -0.2) is 0 Å². The van der Waals surface area contributed by atoms with Crippen molar-refractivity contribution in [3.8, 4) is 0 Å². The molecule has 0 aliphatic carbocycles. The van der Waals surface area contributed by atoms with Crippen LogP contribution in [0.2, 0.25) is 0 Å². The highest BCUT2D eigenvalue weighted by atomic mass is 16.2. The van der Waals surface area contributed by atoms with Gasteiger partial charge < -0.3 is 4.90 Å². The van der Waals surface area contributed by atoms with E-state index in [4.69, 9.17) is 0 Å². The molecule has 0 N–H and O–H groups in total. The molecule has 1 rings (SSSR count). The van der Waals surface area contributed by atoms with Gasteiger partial charge in [-0.3, -0.25) is 4.79 Å². The molecule has 1 amide bonds. The maximum Gasteiger partial charge on any atom is 0.228 e. The molecule has 0 saturated carbocycles. The van der Waals surface area contributed by atoms with Crippen molar-refractivity contribution in [3.05, 3.63) is 35.9 Å². The van der Waals surface area contributed by atoms with Gasteiger partial charge in [-0.1, -0.05) is 58.0 Å². The van der Waals surface area contributed by atoms with Gasteiger partial charge >= 0.3 is 0 Å². The standard InChI is InChI=1S/C16H25NO/c1-13(2)11-16(3,4)15(18)17(5)12-14-9-7-6-8-10-14/h6-10,13H,11-12H2,1-5H3. The monoisotopic (exact) mass is 247 g/mol. The van der Waals surface area contributed by atoms with Crippen molar-refractivity contribution in [1.29, 1.82) is 0 Å². The minimum absolute atomic E-state index is 0.222. The second-order valence-electron chi connectivity index (χ2n) is 6.13. The molecule has 0 spiro atoms. The summed E-state index contributed by atoms with van der Waals surface area (Å²) in [5, 5.41) is 0.